The van der Waals surface area contributed by atoms with Crippen LogP contribution in [0.25, 0.3) is 10.6 Å². The largest absolute Gasteiger partial charge is 0.384 e. The molecule has 0 fully saturated rings. The molecule has 1 N–H and O–H groups in total. The maximum absolute atomic E-state index is 9.84. The molecule has 0 amide bonds. The van der Waals surface area contributed by atoms with Crippen LogP contribution >= 0.6 is 11.3 Å². The van der Waals surface area contributed by atoms with Crippen LogP contribution in [0.5, 0.6) is 0 Å². The molecule has 0 aliphatic heterocycles. The van der Waals surface area contributed by atoms with Crippen LogP contribution < -0.4 is 0 Å². The lowest BCUT2D eigenvalue weighted by Gasteiger charge is -2.12. The van der Waals surface area contributed by atoms with E-state index < -0.39 is 5.60 Å². The average molecular weight is 233 g/mol. The van der Waals surface area contributed by atoms with E-state index in [2.05, 4.69) is 36.2 Å². The first-order valence-electron chi connectivity index (χ1n) is 5.22. The third-order valence-electron chi connectivity index (χ3n) is 2.43. The molecule has 16 heavy (non-hydrogen) atoms. The SMILES string of the molecule is Cc1ccc(-c2nc(C(C)(C)O)cs2)cc1. The molecule has 1 aromatic heterocycles. The van der Waals surface area contributed by atoms with Crippen LogP contribution in [-0.4, -0.2) is 10.1 Å². The van der Waals surface area contributed by atoms with Gasteiger partial charge in [-0.25, -0.2) is 4.98 Å². The van der Waals surface area contributed by atoms with E-state index in [1.807, 2.05) is 5.38 Å². The van der Waals surface area contributed by atoms with E-state index in [1.165, 1.54) is 5.56 Å². The normalized spacial score (nSPS) is 11.8. The molecule has 0 radical (unpaired) electrons. The monoisotopic (exact) mass is 233 g/mol. The highest BCUT2D eigenvalue weighted by molar-refractivity contribution is 7.13. The molecule has 0 atom stereocenters. The highest BCUT2D eigenvalue weighted by atomic mass is 32.1. The smallest absolute Gasteiger partial charge is 0.123 e. The number of hydrogen-bond donors (Lipinski definition) is 1. The van der Waals surface area contributed by atoms with Gasteiger partial charge in [0.1, 0.15) is 10.6 Å². The second-order valence-corrected chi connectivity index (χ2v) is 5.32. The van der Waals surface area contributed by atoms with Gasteiger partial charge in [-0.3, -0.25) is 0 Å². The Morgan fingerprint density at radius 2 is 1.81 bits per heavy atom. The van der Waals surface area contributed by atoms with E-state index in [0.717, 1.165) is 16.3 Å². The summed E-state index contributed by atoms with van der Waals surface area (Å²) in [5.74, 6) is 0. The molecular formula is C13H15NOS. The highest BCUT2D eigenvalue weighted by Crippen LogP contribution is 2.28. The van der Waals surface area contributed by atoms with Crippen LogP contribution in [-0.2, 0) is 5.60 Å². The lowest BCUT2D eigenvalue weighted by Crippen LogP contribution is -2.15. The van der Waals surface area contributed by atoms with Gasteiger partial charge in [0.25, 0.3) is 0 Å². The van der Waals surface area contributed by atoms with Crippen molar-refractivity contribution in [2.75, 3.05) is 0 Å². The molecule has 2 aromatic rings. The summed E-state index contributed by atoms with van der Waals surface area (Å²) in [5, 5.41) is 12.7. The van der Waals surface area contributed by atoms with Crippen molar-refractivity contribution in [3.05, 3.63) is 40.9 Å². The standard InChI is InChI=1S/C13H15NOS/c1-9-4-6-10(7-5-9)12-14-11(8-16-12)13(2,3)15/h4-8,15H,1-3H3. The van der Waals surface area contributed by atoms with Crippen molar-refractivity contribution in [3.8, 4) is 10.6 Å². The van der Waals surface area contributed by atoms with E-state index >= 15 is 0 Å². The zero-order valence-corrected chi connectivity index (χ0v) is 10.5. The molecule has 0 unspecified atom stereocenters. The van der Waals surface area contributed by atoms with Gasteiger partial charge in [-0.15, -0.1) is 11.3 Å². The van der Waals surface area contributed by atoms with Gasteiger partial charge in [-0.1, -0.05) is 29.8 Å². The highest BCUT2D eigenvalue weighted by Gasteiger charge is 2.19. The van der Waals surface area contributed by atoms with Crippen LogP contribution in [0.3, 0.4) is 0 Å². The van der Waals surface area contributed by atoms with Gasteiger partial charge in [-0.2, -0.15) is 0 Å². The summed E-state index contributed by atoms with van der Waals surface area (Å²) in [4.78, 5) is 4.45. The summed E-state index contributed by atoms with van der Waals surface area (Å²) < 4.78 is 0. The molecule has 84 valence electrons. The predicted molar refractivity (Wildman–Crippen MR) is 67.5 cm³/mol. The molecule has 1 aromatic carbocycles. The van der Waals surface area contributed by atoms with Crippen LogP contribution in [0.2, 0.25) is 0 Å². The summed E-state index contributed by atoms with van der Waals surface area (Å²) in [6.45, 7) is 5.57. The van der Waals surface area contributed by atoms with Gasteiger partial charge in [0, 0.05) is 10.9 Å². The molecule has 0 bridgehead atoms. The molecule has 0 aliphatic rings. The van der Waals surface area contributed by atoms with Crippen molar-refractivity contribution < 1.29 is 5.11 Å². The van der Waals surface area contributed by atoms with Gasteiger partial charge in [-0.05, 0) is 20.8 Å². The van der Waals surface area contributed by atoms with E-state index in [1.54, 1.807) is 25.2 Å². The Hall–Kier alpha value is -1.19. The third kappa shape index (κ3) is 2.31. The minimum absolute atomic E-state index is 0.730. The lowest BCUT2D eigenvalue weighted by atomic mass is 10.1. The van der Waals surface area contributed by atoms with Crippen LogP contribution in [0.15, 0.2) is 29.6 Å². The van der Waals surface area contributed by atoms with E-state index in [0.29, 0.717) is 0 Å². The number of hydrogen-bond acceptors (Lipinski definition) is 3. The zero-order chi connectivity index (χ0) is 11.8. The number of aromatic nitrogens is 1. The van der Waals surface area contributed by atoms with E-state index in [9.17, 15) is 5.11 Å². The molecule has 0 aliphatic carbocycles. The summed E-state index contributed by atoms with van der Waals surface area (Å²) in [6.07, 6.45) is 0. The number of aliphatic hydroxyl groups is 1. The number of nitrogens with zero attached hydrogens (tertiary/aromatic N) is 1. The number of benzene rings is 1. The molecule has 3 heteroatoms. The molecule has 1 heterocycles. The van der Waals surface area contributed by atoms with Crippen LogP contribution in [0, 0.1) is 6.92 Å². The first kappa shape index (κ1) is 11.3. The third-order valence-corrected chi connectivity index (χ3v) is 3.32. The van der Waals surface area contributed by atoms with Gasteiger partial charge in [0.15, 0.2) is 0 Å². The fraction of sp³-hybridized carbons (Fsp3) is 0.308. The van der Waals surface area contributed by atoms with Gasteiger partial charge in [0.05, 0.1) is 5.69 Å². The molecule has 0 spiro atoms. The predicted octanol–water partition coefficient (Wildman–Crippen LogP) is 3.35. The summed E-state index contributed by atoms with van der Waals surface area (Å²) in [7, 11) is 0. The van der Waals surface area contributed by atoms with Crippen molar-refractivity contribution in [3.63, 3.8) is 0 Å². The topological polar surface area (TPSA) is 33.1 Å². The fourth-order valence-corrected chi connectivity index (χ4v) is 2.37. The number of aryl methyl sites for hydroxylation is 1. The molecule has 0 saturated heterocycles. The minimum atomic E-state index is -0.862. The first-order chi connectivity index (χ1) is 7.47. The number of thiazole rings is 1. The zero-order valence-electron chi connectivity index (χ0n) is 9.69. The van der Waals surface area contributed by atoms with E-state index in [4.69, 9.17) is 0 Å². The Morgan fingerprint density at radius 3 is 2.31 bits per heavy atom. The first-order valence-corrected chi connectivity index (χ1v) is 6.10. The minimum Gasteiger partial charge on any atom is -0.384 e. The van der Waals surface area contributed by atoms with Gasteiger partial charge >= 0.3 is 0 Å². The Balaban J connectivity index is 2.35. The van der Waals surface area contributed by atoms with Crippen molar-refractivity contribution in [1.82, 2.24) is 4.98 Å². The van der Waals surface area contributed by atoms with Crippen molar-refractivity contribution in [2.45, 2.75) is 26.4 Å². The fourth-order valence-electron chi connectivity index (χ4n) is 1.38. The van der Waals surface area contributed by atoms with Crippen LogP contribution in [0.1, 0.15) is 25.1 Å². The Kier molecular flexibility index (Phi) is 2.82. The van der Waals surface area contributed by atoms with Gasteiger partial charge < -0.3 is 5.11 Å². The number of rotatable bonds is 2. The van der Waals surface area contributed by atoms with Crippen molar-refractivity contribution in [2.24, 2.45) is 0 Å². The Labute approximate surface area is 99.6 Å². The summed E-state index contributed by atoms with van der Waals surface area (Å²) in [6, 6.07) is 8.26. The second-order valence-electron chi connectivity index (χ2n) is 4.46. The Morgan fingerprint density at radius 1 is 1.19 bits per heavy atom. The molecule has 2 nitrogen and oxygen atoms in total. The maximum atomic E-state index is 9.84. The average Bonchev–Trinajstić information content (AvgIpc) is 2.67. The molecule has 2 rings (SSSR count). The summed E-state index contributed by atoms with van der Waals surface area (Å²) in [5.41, 5.74) is 2.21. The summed E-state index contributed by atoms with van der Waals surface area (Å²) >= 11 is 1.56. The second kappa shape index (κ2) is 4.00. The van der Waals surface area contributed by atoms with Crippen molar-refractivity contribution >= 4 is 11.3 Å². The maximum Gasteiger partial charge on any atom is 0.123 e. The van der Waals surface area contributed by atoms with Gasteiger partial charge in [0.2, 0.25) is 0 Å². The molecule has 0 saturated carbocycles. The Bertz CT molecular complexity index is 479. The quantitative estimate of drug-likeness (QED) is 0.863. The van der Waals surface area contributed by atoms with Crippen LogP contribution in [0.4, 0.5) is 0 Å². The molecular weight excluding hydrogens is 218 g/mol. The van der Waals surface area contributed by atoms with E-state index in [-0.39, 0.29) is 0 Å². The van der Waals surface area contributed by atoms with Crippen molar-refractivity contribution in [1.29, 1.82) is 0 Å². The lowest BCUT2D eigenvalue weighted by molar-refractivity contribution is 0.0746.